The maximum atomic E-state index is 10.5. The molecule has 1 aliphatic rings. The van der Waals surface area contributed by atoms with Crippen molar-refractivity contribution in [2.24, 2.45) is 5.92 Å². The van der Waals surface area contributed by atoms with Crippen molar-refractivity contribution in [1.82, 2.24) is 0 Å². The third-order valence-electron chi connectivity index (χ3n) is 2.19. The van der Waals surface area contributed by atoms with Gasteiger partial charge in [-0.1, -0.05) is 19.8 Å². The minimum absolute atomic E-state index is 0.556. The molecule has 3 heteroatoms. The molecule has 0 spiro atoms. The second-order valence-corrected chi connectivity index (χ2v) is 3.34. The molecule has 0 amide bonds. The summed E-state index contributed by atoms with van der Waals surface area (Å²) in [6.45, 7) is 2.44. The van der Waals surface area contributed by atoms with Crippen LogP contribution in [0.5, 0.6) is 0 Å². The Morgan fingerprint density at radius 3 is 2.75 bits per heavy atom. The van der Waals surface area contributed by atoms with Gasteiger partial charge in [0.2, 0.25) is 0 Å². The van der Waals surface area contributed by atoms with Gasteiger partial charge in [0.05, 0.1) is 0 Å². The summed E-state index contributed by atoms with van der Waals surface area (Å²) >= 11 is 0. The van der Waals surface area contributed by atoms with Gasteiger partial charge in [0.15, 0.2) is 6.10 Å². The summed E-state index contributed by atoms with van der Waals surface area (Å²) in [6.07, 6.45) is 3.59. The molecule has 1 aliphatic carbocycles. The van der Waals surface area contributed by atoms with E-state index in [0.29, 0.717) is 13.0 Å². The van der Waals surface area contributed by atoms with Gasteiger partial charge in [-0.3, -0.25) is 0 Å². The molecule has 0 aromatic rings. The van der Waals surface area contributed by atoms with Crippen LogP contribution in [0.25, 0.3) is 0 Å². The standard InChI is InChI=1S/C9H16O3/c1-2-8(9(10)11)12-6-5-7-3-4-7/h7-8H,2-6H2,1H3,(H,10,11). The van der Waals surface area contributed by atoms with E-state index in [4.69, 9.17) is 9.84 Å². The number of hydrogen-bond donors (Lipinski definition) is 1. The van der Waals surface area contributed by atoms with E-state index in [1.54, 1.807) is 0 Å². The van der Waals surface area contributed by atoms with Crippen molar-refractivity contribution in [3.05, 3.63) is 0 Å². The van der Waals surface area contributed by atoms with Crippen LogP contribution < -0.4 is 0 Å². The lowest BCUT2D eigenvalue weighted by Gasteiger charge is -2.10. The van der Waals surface area contributed by atoms with Crippen LogP contribution in [-0.2, 0) is 9.53 Å². The molecule has 1 N–H and O–H groups in total. The first-order valence-corrected chi connectivity index (χ1v) is 4.58. The number of ether oxygens (including phenoxy) is 1. The van der Waals surface area contributed by atoms with Gasteiger partial charge in [0.1, 0.15) is 0 Å². The summed E-state index contributed by atoms with van der Waals surface area (Å²) in [5, 5.41) is 8.63. The molecule has 1 fully saturated rings. The average molecular weight is 172 g/mol. The fourth-order valence-corrected chi connectivity index (χ4v) is 1.15. The Kier molecular flexibility index (Phi) is 3.53. The zero-order chi connectivity index (χ0) is 8.97. The van der Waals surface area contributed by atoms with Crippen LogP contribution in [-0.4, -0.2) is 23.8 Å². The van der Waals surface area contributed by atoms with Gasteiger partial charge >= 0.3 is 5.97 Å². The van der Waals surface area contributed by atoms with E-state index in [9.17, 15) is 4.79 Å². The highest BCUT2D eigenvalue weighted by molar-refractivity contribution is 5.72. The molecule has 0 aliphatic heterocycles. The lowest BCUT2D eigenvalue weighted by atomic mass is 10.2. The fourth-order valence-electron chi connectivity index (χ4n) is 1.15. The van der Waals surface area contributed by atoms with E-state index in [1.165, 1.54) is 12.8 Å². The van der Waals surface area contributed by atoms with Crippen molar-refractivity contribution in [1.29, 1.82) is 0 Å². The predicted molar refractivity (Wildman–Crippen MR) is 45.0 cm³/mol. The first-order chi connectivity index (χ1) is 5.74. The smallest absolute Gasteiger partial charge is 0.332 e. The van der Waals surface area contributed by atoms with Crippen molar-refractivity contribution in [3.8, 4) is 0 Å². The molecular formula is C9H16O3. The Morgan fingerprint density at radius 2 is 2.33 bits per heavy atom. The Hall–Kier alpha value is -0.570. The van der Waals surface area contributed by atoms with Crippen LogP contribution in [0.2, 0.25) is 0 Å². The number of rotatable bonds is 6. The number of carboxylic acids is 1. The molecule has 1 atom stereocenters. The number of aliphatic carboxylic acids is 1. The second-order valence-electron chi connectivity index (χ2n) is 3.34. The van der Waals surface area contributed by atoms with Crippen LogP contribution in [0.3, 0.4) is 0 Å². The summed E-state index contributed by atoms with van der Waals surface area (Å²) in [7, 11) is 0. The molecule has 1 saturated carbocycles. The minimum Gasteiger partial charge on any atom is -0.479 e. The molecule has 1 unspecified atom stereocenters. The van der Waals surface area contributed by atoms with Gasteiger partial charge in [-0.25, -0.2) is 4.79 Å². The van der Waals surface area contributed by atoms with Gasteiger partial charge in [0, 0.05) is 6.61 Å². The molecule has 3 nitrogen and oxygen atoms in total. The highest BCUT2D eigenvalue weighted by Crippen LogP contribution is 2.32. The van der Waals surface area contributed by atoms with Crippen molar-refractivity contribution in [2.75, 3.05) is 6.61 Å². The maximum Gasteiger partial charge on any atom is 0.332 e. The van der Waals surface area contributed by atoms with Crippen LogP contribution >= 0.6 is 0 Å². The summed E-state index contributed by atoms with van der Waals surface area (Å²) in [6, 6.07) is 0. The van der Waals surface area contributed by atoms with E-state index in [-0.39, 0.29) is 0 Å². The molecule has 0 heterocycles. The SMILES string of the molecule is CCC(OCCC1CC1)C(=O)O. The zero-order valence-electron chi connectivity index (χ0n) is 7.45. The highest BCUT2D eigenvalue weighted by atomic mass is 16.5. The number of carbonyl (C=O) groups is 1. The Labute approximate surface area is 72.7 Å². The maximum absolute atomic E-state index is 10.5. The molecule has 12 heavy (non-hydrogen) atoms. The molecule has 0 bridgehead atoms. The molecule has 1 rings (SSSR count). The van der Waals surface area contributed by atoms with E-state index in [1.807, 2.05) is 6.92 Å². The van der Waals surface area contributed by atoms with Crippen molar-refractivity contribution in [2.45, 2.75) is 38.7 Å². The highest BCUT2D eigenvalue weighted by Gasteiger charge is 2.22. The molecule has 0 saturated heterocycles. The molecule has 0 radical (unpaired) electrons. The van der Waals surface area contributed by atoms with Gasteiger partial charge in [-0.05, 0) is 18.8 Å². The monoisotopic (exact) mass is 172 g/mol. The van der Waals surface area contributed by atoms with E-state index >= 15 is 0 Å². The molecule has 0 aromatic carbocycles. The van der Waals surface area contributed by atoms with Crippen LogP contribution in [0.4, 0.5) is 0 Å². The third-order valence-corrected chi connectivity index (χ3v) is 2.19. The van der Waals surface area contributed by atoms with E-state index in [2.05, 4.69) is 0 Å². The van der Waals surface area contributed by atoms with Crippen LogP contribution in [0.1, 0.15) is 32.6 Å². The van der Waals surface area contributed by atoms with Crippen LogP contribution in [0, 0.1) is 5.92 Å². The Bertz CT molecular complexity index is 152. The minimum atomic E-state index is -0.840. The molecular weight excluding hydrogens is 156 g/mol. The zero-order valence-corrected chi connectivity index (χ0v) is 7.45. The summed E-state index contributed by atoms with van der Waals surface area (Å²) < 4.78 is 5.20. The van der Waals surface area contributed by atoms with Gasteiger partial charge in [-0.15, -0.1) is 0 Å². The largest absolute Gasteiger partial charge is 0.479 e. The van der Waals surface area contributed by atoms with Gasteiger partial charge in [-0.2, -0.15) is 0 Å². The van der Waals surface area contributed by atoms with Crippen molar-refractivity contribution < 1.29 is 14.6 Å². The topological polar surface area (TPSA) is 46.5 Å². The van der Waals surface area contributed by atoms with E-state index < -0.39 is 12.1 Å². The Balaban J connectivity index is 2.05. The second kappa shape index (κ2) is 4.45. The first-order valence-electron chi connectivity index (χ1n) is 4.58. The lowest BCUT2D eigenvalue weighted by molar-refractivity contribution is -0.150. The predicted octanol–water partition coefficient (Wildman–Crippen LogP) is 1.67. The quantitative estimate of drug-likeness (QED) is 0.662. The van der Waals surface area contributed by atoms with Gasteiger partial charge < -0.3 is 9.84 Å². The van der Waals surface area contributed by atoms with Crippen molar-refractivity contribution >= 4 is 5.97 Å². The normalized spacial score (nSPS) is 19.1. The summed E-state index contributed by atoms with van der Waals surface area (Å²) in [5.74, 6) is -0.0235. The first kappa shape index (κ1) is 9.52. The summed E-state index contributed by atoms with van der Waals surface area (Å²) in [5.41, 5.74) is 0. The van der Waals surface area contributed by atoms with Crippen LogP contribution in [0.15, 0.2) is 0 Å². The lowest BCUT2D eigenvalue weighted by Crippen LogP contribution is -2.23. The molecule has 0 aromatic heterocycles. The van der Waals surface area contributed by atoms with Gasteiger partial charge in [0.25, 0.3) is 0 Å². The fraction of sp³-hybridized carbons (Fsp3) is 0.889. The van der Waals surface area contributed by atoms with E-state index in [0.717, 1.165) is 12.3 Å². The van der Waals surface area contributed by atoms with Crippen molar-refractivity contribution in [3.63, 3.8) is 0 Å². The number of hydrogen-bond acceptors (Lipinski definition) is 2. The summed E-state index contributed by atoms with van der Waals surface area (Å²) in [4.78, 5) is 10.5. The number of carboxylic acid groups (broad SMARTS) is 1. The molecule has 70 valence electrons. The average Bonchev–Trinajstić information content (AvgIpc) is 2.80. The third kappa shape index (κ3) is 3.22. The Morgan fingerprint density at radius 1 is 1.67 bits per heavy atom.